The van der Waals surface area contributed by atoms with Crippen LogP contribution in [0.2, 0.25) is 0 Å². The van der Waals surface area contributed by atoms with Crippen molar-refractivity contribution in [3.8, 4) is 0 Å². The third kappa shape index (κ3) is 5.36. The standard InChI is InChI=1S/C30H52N2O4/c1-19(7-12-27(34)32-26(28(35)36)6-4-5-17-31)23-10-11-24-22-9-8-20-18-21(33)13-15-29(20,2)25(22)14-16-30(23,24)3/h19-26,33H,4-18,31H2,1-3H3,(H,32,34)(H,35,36)/t19-,20-,21-,22+,23-,24+,25+,26+,29+,30-/m1/s1. The molecular formula is C30H52N2O4. The first-order valence-corrected chi connectivity index (χ1v) is 15.0. The van der Waals surface area contributed by atoms with Crippen LogP contribution in [0.3, 0.4) is 0 Å². The highest BCUT2D eigenvalue weighted by atomic mass is 16.4. The molecule has 0 unspecified atom stereocenters. The molecule has 0 radical (unpaired) electrons. The lowest BCUT2D eigenvalue weighted by Gasteiger charge is -2.61. The number of aliphatic hydroxyl groups excluding tert-OH is 1. The van der Waals surface area contributed by atoms with Gasteiger partial charge in [0.05, 0.1) is 6.10 Å². The largest absolute Gasteiger partial charge is 0.480 e. The van der Waals surface area contributed by atoms with E-state index in [-0.39, 0.29) is 12.0 Å². The minimum absolute atomic E-state index is 0.0842. The van der Waals surface area contributed by atoms with Gasteiger partial charge in [-0.15, -0.1) is 0 Å². The van der Waals surface area contributed by atoms with Gasteiger partial charge in [0.25, 0.3) is 0 Å². The Labute approximate surface area is 218 Å². The Kier molecular flexibility index (Phi) is 8.76. The molecule has 206 valence electrons. The number of aliphatic carboxylic acids is 1. The van der Waals surface area contributed by atoms with E-state index in [1.165, 1.54) is 44.9 Å². The molecule has 0 aromatic heterocycles. The minimum Gasteiger partial charge on any atom is -0.480 e. The van der Waals surface area contributed by atoms with Gasteiger partial charge >= 0.3 is 5.97 Å². The van der Waals surface area contributed by atoms with Crippen molar-refractivity contribution in [3.63, 3.8) is 0 Å². The predicted octanol–water partition coefficient (Wildman–Crippen LogP) is 5.12. The summed E-state index contributed by atoms with van der Waals surface area (Å²) in [6.07, 6.45) is 14.1. The van der Waals surface area contributed by atoms with Crippen LogP contribution in [0.4, 0.5) is 0 Å². The molecule has 10 atom stereocenters. The molecule has 4 aliphatic carbocycles. The lowest BCUT2D eigenvalue weighted by Crippen LogP contribution is -2.54. The molecule has 0 spiro atoms. The molecule has 4 aliphatic rings. The quantitative estimate of drug-likeness (QED) is 0.308. The van der Waals surface area contributed by atoms with Crippen molar-refractivity contribution in [1.82, 2.24) is 5.32 Å². The Morgan fingerprint density at radius 2 is 1.69 bits per heavy atom. The van der Waals surface area contributed by atoms with Crippen molar-refractivity contribution >= 4 is 11.9 Å². The fraction of sp³-hybridized carbons (Fsp3) is 0.933. The maximum Gasteiger partial charge on any atom is 0.326 e. The van der Waals surface area contributed by atoms with Gasteiger partial charge in [0.15, 0.2) is 0 Å². The summed E-state index contributed by atoms with van der Waals surface area (Å²) < 4.78 is 0. The number of nitrogens with one attached hydrogen (secondary N) is 1. The third-order valence-electron chi connectivity index (χ3n) is 11.8. The summed E-state index contributed by atoms with van der Waals surface area (Å²) in [7, 11) is 0. The average molecular weight is 505 g/mol. The highest BCUT2D eigenvalue weighted by Crippen LogP contribution is 2.68. The van der Waals surface area contributed by atoms with E-state index in [1.807, 2.05) is 0 Å². The maximum absolute atomic E-state index is 12.6. The van der Waals surface area contributed by atoms with Crippen molar-refractivity contribution in [1.29, 1.82) is 0 Å². The predicted molar refractivity (Wildman–Crippen MR) is 142 cm³/mol. The van der Waals surface area contributed by atoms with Gasteiger partial charge < -0.3 is 21.3 Å². The topological polar surface area (TPSA) is 113 Å². The number of fused-ring (bicyclic) bond motifs is 5. The molecule has 0 bridgehead atoms. The molecule has 6 nitrogen and oxygen atoms in total. The first kappa shape index (κ1) is 27.9. The monoisotopic (exact) mass is 504 g/mol. The summed E-state index contributed by atoms with van der Waals surface area (Å²) in [5.41, 5.74) is 6.30. The van der Waals surface area contributed by atoms with Crippen molar-refractivity contribution < 1.29 is 19.8 Å². The number of unbranched alkanes of at least 4 members (excludes halogenated alkanes) is 1. The number of nitrogens with two attached hydrogens (primary N) is 1. The van der Waals surface area contributed by atoms with Gasteiger partial charge in [0.2, 0.25) is 5.91 Å². The molecule has 0 aromatic rings. The number of carboxylic acid groups (broad SMARTS) is 1. The van der Waals surface area contributed by atoms with Crippen LogP contribution in [0.15, 0.2) is 0 Å². The Balaban J connectivity index is 1.33. The maximum atomic E-state index is 12.6. The van der Waals surface area contributed by atoms with Crippen LogP contribution in [0.25, 0.3) is 0 Å². The highest BCUT2D eigenvalue weighted by molar-refractivity contribution is 5.83. The molecule has 0 aliphatic heterocycles. The normalized spacial score (nSPS) is 41.5. The number of carbonyl (C=O) groups excluding carboxylic acids is 1. The number of carbonyl (C=O) groups is 2. The molecular weight excluding hydrogens is 452 g/mol. The first-order valence-electron chi connectivity index (χ1n) is 15.0. The molecule has 0 saturated heterocycles. The van der Waals surface area contributed by atoms with E-state index in [0.29, 0.717) is 54.4 Å². The summed E-state index contributed by atoms with van der Waals surface area (Å²) in [6.45, 7) is 7.98. The summed E-state index contributed by atoms with van der Waals surface area (Å²) in [5.74, 6) is 3.17. The molecule has 4 fully saturated rings. The van der Waals surface area contributed by atoms with Crippen molar-refractivity contribution in [2.24, 2.45) is 52.1 Å². The Hall–Kier alpha value is -1.14. The summed E-state index contributed by atoms with van der Waals surface area (Å²) in [4.78, 5) is 24.2. The Bertz CT molecular complexity index is 789. The van der Waals surface area contributed by atoms with Crippen LogP contribution < -0.4 is 11.1 Å². The number of hydrogen-bond donors (Lipinski definition) is 4. The smallest absolute Gasteiger partial charge is 0.326 e. The second kappa shape index (κ2) is 11.3. The van der Waals surface area contributed by atoms with Gasteiger partial charge in [0, 0.05) is 6.42 Å². The van der Waals surface area contributed by atoms with E-state index in [0.717, 1.165) is 43.4 Å². The molecule has 0 heterocycles. The number of aliphatic hydroxyl groups is 1. The van der Waals surface area contributed by atoms with Crippen LogP contribution in [0, 0.1) is 46.3 Å². The fourth-order valence-corrected chi connectivity index (χ4v) is 9.79. The molecule has 0 aromatic carbocycles. The second-order valence-corrected chi connectivity index (χ2v) is 13.6. The summed E-state index contributed by atoms with van der Waals surface area (Å²) in [5, 5.41) is 22.5. The first-order chi connectivity index (χ1) is 17.1. The van der Waals surface area contributed by atoms with E-state index < -0.39 is 12.0 Å². The lowest BCUT2D eigenvalue weighted by molar-refractivity contribution is -0.142. The van der Waals surface area contributed by atoms with Crippen molar-refractivity contribution in [2.75, 3.05) is 6.54 Å². The van der Waals surface area contributed by atoms with Gasteiger partial charge in [0.1, 0.15) is 6.04 Å². The van der Waals surface area contributed by atoms with Crippen LogP contribution in [-0.2, 0) is 9.59 Å². The zero-order valence-electron chi connectivity index (χ0n) is 23.0. The van der Waals surface area contributed by atoms with Gasteiger partial charge in [-0.2, -0.15) is 0 Å². The van der Waals surface area contributed by atoms with Crippen molar-refractivity contribution in [2.45, 2.75) is 123 Å². The Morgan fingerprint density at radius 1 is 0.972 bits per heavy atom. The molecule has 6 heteroatoms. The highest BCUT2D eigenvalue weighted by Gasteiger charge is 2.60. The molecule has 4 rings (SSSR count). The van der Waals surface area contributed by atoms with Crippen LogP contribution in [-0.4, -0.2) is 40.8 Å². The number of rotatable bonds is 10. The second-order valence-electron chi connectivity index (χ2n) is 13.6. The van der Waals surface area contributed by atoms with Crippen LogP contribution >= 0.6 is 0 Å². The summed E-state index contributed by atoms with van der Waals surface area (Å²) >= 11 is 0. The van der Waals surface area contributed by atoms with E-state index in [9.17, 15) is 19.8 Å². The fourth-order valence-electron chi connectivity index (χ4n) is 9.79. The summed E-state index contributed by atoms with van der Waals surface area (Å²) in [6, 6.07) is -0.805. The Morgan fingerprint density at radius 3 is 2.42 bits per heavy atom. The van der Waals surface area contributed by atoms with Gasteiger partial charge in [-0.3, -0.25) is 4.79 Å². The molecule has 1 amide bonds. The van der Waals surface area contributed by atoms with Crippen LogP contribution in [0.5, 0.6) is 0 Å². The van der Waals surface area contributed by atoms with E-state index in [1.54, 1.807) is 0 Å². The zero-order chi connectivity index (χ0) is 26.1. The lowest BCUT2D eigenvalue weighted by atomic mass is 9.44. The van der Waals surface area contributed by atoms with Gasteiger partial charge in [-0.05, 0) is 136 Å². The van der Waals surface area contributed by atoms with Gasteiger partial charge in [-0.1, -0.05) is 20.8 Å². The minimum atomic E-state index is -0.952. The number of hydrogen-bond acceptors (Lipinski definition) is 4. The average Bonchev–Trinajstić information content (AvgIpc) is 3.19. The SMILES string of the molecule is C[C@H](CCC(=O)N[C@@H](CCCCN)C(=O)O)[C@H]1CC[C@H]2[C@@H]3CC[C@@H]4C[C@H](O)CC[C@]4(C)[C@H]3CC[C@]12C. The molecule has 5 N–H and O–H groups in total. The van der Waals surface area contributed by atoms with E-state index >= 15 is 0 Å². The van der Waals surface area contributed by atoms with Gasteiger partial charge in [-0.25, -0.2) is 4.79 Å². The molecule has 36 heavy (non-hydrogen) atoms. The zero-order valence-corrected chi connectivity index (χ0v) is 23.0. The molecule has 4 saturated carbocycles. The van der Waals surface area contributed by atoms with Crippen molar-refractivity contribution in [3.05, 3.63) is 0 Å². The number of amides is 1. The van der Waals surface area contributed by atoms with E-state index in [4.69, 9.17) is 5.73 Å². The van der Waals surface area contributed by atoms with E-state index in [2.05, 4.69) is 26.1 Å². The third-order valence-corrected chi connectivity index (χ3v) is 11.8. The number of carboxylic acids is 1. The van der Waals surface area contributed by atoms with Crippen LogP contribution in [0.1, 0.15) is 111 Å².